The molecular formula is C15H17ClN2O5. The van der Waals surface area contributed by atoms with Gasteiger partial charge in [0, 0.05) is 30.1 Å². The second kappa shape index (κ2) is 6.82. The number of rotatable bonds is 3. The van der Waals surface area contributed by atoms with E-state index in [2.05, 4.69) is 0 Å². The number of ether oxygens (including phenoxy) is 2. The van der Waals surface area contributed by atoms with Gasteiger partial charge < -0.3 is 14.4 Å². The Morgan fingerprint density at radius 1 is 1.35 bits per heavy atom. The minimum atomic E-state index is -0.580. The SMILES string of the molecule is O=C(c1ccc(Cl)cc1[N+](=O)[O-])N1CCC[C@@H](C2OCCO2)C1. The van der Waals surface area contributed by atoms with Gasteiger partial charge in [0.15, 0.2) is 6.29 Å². The van der Waals surface area contributed by atoms with Crippen LogP contribution in [0.4, 0.5) is 5.69 Å². The zero-order valence-corrected chi connectivity index (χ0v) is 13.2. The van der Waals surface area contributed by atoms with Gasteiger partial charge in [0.25, 0.3) is 11.6 Å². The van der Waals surface area contributed by atoms with Crippen molar-refractivity contribution in [3.8, 4) is 0 Å². The first kappa shape index (κ1) is 16.2. The highest BCUT2D eigenvalue weighted by atomic mass is 35.5. The highest BCUT2D eigenvalue weighted by Gasteiger charge is 2.34. The molecule has 0 aromatic heterocycles. The average Bonchev–Trinajstić information content (AvgIpc) is 3.09. The fraction of sp³-hybridized carbons (Fsp3) is 0.533. The van der Waals surface area contributed by atoms with Crippen LogP contribution in [0.5, 0.6) is 0 Å². The Labute approximate surface area is 138 Å². The largest absolute Gasteiger partial charge is 0.350 e. The first-order valence-corrected chi connectivity index (χ1v) is 7.90. The van der Waals surface area contributed by atoms with Crippen LogP contribution in [0.25, 0.3) is 0 Å². The minimum absolute atomic E-state index is 0.0632. The third kappa shape index (κ3) is 3.46. The number of amides is 1. The third-order valence-corrected chi connectivity index (χ3v) is 4.40. The normalized spacial score (nSPS) is 22.3. The number of halogens is 1. The molecule has 7 nitrogen and oxygen atoms in total. The number of carbonyl (C=O) groups excluding carboxylic acids is 1. The van der Waals surface area contributed by atoms with E-state index in [9.17, 15) is 14.9 Å². The molecule has 0 saturated carbocycles. The minimum Gasteiger partial charge on any atom is -0.350 e. The van der Waals surface area contributed by atoms with E-state index in [4.69, 9.17) is 21.1 Å². The topological polar surface area (TPSA) is 81.9 Å². The number of benzene rings is 1. The second-order valence-electron chi connectivity index (χ2n) is 5.68. The van der Waals surface area contributed by atoms with E-state index in [1.807, 2.05) is 0 Å². The van der Waals surface area contributed by atoms with E-state index in [1.165, 1.54) is 18.2 Å². The molecule has 23 heavy (non-hydrogen) atoms. The molecule has 1 aromatic rings. The van der Waals surface area contributed by atoms with Crippen molar-refractivity contribution in [1.29, 1.82) is 0 Å². The summed E-state index contributed by atoms with van der Waals surface area (Å²) in [7, 11) is 0. The van der Waals surface area contributed by atoms with Gasteiger partial charge in [-0.1, -0.05) is 11.6 Å². The van der Waals surface area contributed by atoms with Gasteiger partial charge in [-0.2, -0.15) is 0 Å². The number of piperidine rings is 1. The van der Waals surface area contributed by atoms with E-state index in [1.54, 1.807) is 4.90 Å². The molecule has 1 aromatic carbocycles. The van der Waals surface area contributed by atoms with E-state index in [0.29, 0.717) is 26.3 Å². The number of hydrogen-bond acceptors (Lipinski definition) is 5. The van der Waals surface area contributed by atoms with Gasteiger partial charge in [-0.05, 0) is 25.0 Å². The van der Waals surface area contributed by atoms with Crippen molar-refractivity contribution in [2.24, 2.45) is 5.92 Å². The lowest BCUT2D eigenvalue weighted by Gasteiger charge is -2.34. The number of nitro benzene ring substituents is 1. The summed E-state index contributed by atoms with van der Waals surface area (Å²) in [6.45, 7) is 2.18. The lowest BCUT2D eigenvalue weighted by molar-refractivity contribution is -0.385. The molecule has 2 fully saturated rings. The highest BCUT2D eigenvalue weighted by molar-refractivity contribution is 6.31. The molecule has 0 spiro atoms. The van der Waals surface area contributed by atoms with Crippen LogP contribution in [-0.4, -0.2) is 48.3 Å². The Morgan fingerprint density at radius 2 is 2.09 bits per heavy atom. The summed E-state index contributed by atoms with van der Waals surface area (Å²) < 4.78 is 11.0. The Kier molecular flexibility index (Phi) is 4.79. The second-order valence-corrected chi connectivity index (χ2v) is 6.12. The molecule has 124 valence electrons. The molecule has 0 bridgehead atoms. The van der Waals surface area contributed by atoms with Gasteiger partial charge in [-0.25, -0.2) is 0 Å². The molecular weight excluding hydrogens is 324 g/mol. The zero-order chi connectivity index (χ0) is 16.4. The number of likely N-dealkylation sites (tertiary alicyclic amines) is 1. The monoisotopic (exact) mass is 340 g/mol. The molecule has 0 N–H and O–H groups in total. The Hall–Kier alpha value is -1.70. The molecule has 1 amide bonds. The number of nitro groups is 1. The van der Waals surface area contributed by atoms with E-state index in [0.717, 1.165) is 12.8 Å². The Balaban J connectivity index is 1.78. The smallest absolute Gasteiger partial charge is 0.283 e. The molecule has 2 heterocycles. The summed E-state index contributed by atoms with van der Waals surface area (Å²) in [6, 6.07) is 4.11. The van der Waals surface area contributed by atoms with Crippen LogP contribution in [0.1, 0.15) is 23.2 Å². The maximum Gasteiger partial charge on any atom is 0.283 e. The lowest BCUT2D eigenvalue weighted by atomic mass is 9.96. The molecule has 8 heteroatoms. The van der Waals surface area contributed by atoms with Crippen molar-refractivity contribution in [2.75, 3.05) is 26.3 Å². The van der Waals surface area contributed by atoms with E-state index in [-0.39, 0.29) is 34.4 Å². The maximum absolute atomic E-state index is 12.7. The van der Waals surface area contributed by atoms with Crippen molar-refractivity contribution in [1.82, 2.24) is 4.90 Å². The van der Waals surface area contributed by atoms with Crippen molar-refractivity contribution in [3.05, 3.63) is 38.9 Å². The Bertz CT molecular complexity index is 618. The van der Waals surface area contributed by atoms with Gasteiger partial charge in [0.2, 0.25) is 0 Å². The fourth-order valence-electron chi connectivity index (χ4n) is 3.07. The van der Waals surface area contributed by atoms with Crippen LogP contribution < -0.4 is 0 Å². The molecule has 0 unspecified atom stereocenters. The van der Waals surface area contributed by atoms with Crippen LogP contribution in [0, 0.1) is 16.0 Å². The van der Waals surface area contributed by atoms with Crippen LogP contribution in [0.3, 0.4) is 0 Å². The first-order chi connectivity index (χ1) is 11.1. The van der Waals surface area contributed by atoms with Crippen LogP contribution >= 0.6 is 11.6 Å². The van der Waals surface area contributed by atoms with E-state index < -0.39 is 4.92 Å². The molecule has 2 saturated heterocycles. The summed E-state index contributed by atoms with van der Waals surface area (Å²) in [6.07, 6.45) is 1.45. The average molecular weight is 341 g/mol. The van der Waals surface area contributed by atoms with Crippen LogP contribution in [-0.2, 0) is 9.47 Å². The third-order valence-electron chi connectivity index (χ3n) is 4.16. The number of nitrogens with zero attached hydrogens (tertiary/aromatic N) is 2. The highest BCUT2D eigenvalue weighted by Crippen LogP contribution is 2.29. The molecule has 2 aliphatic heterocycles. The number of hydrogen-bond donors (Lipinski definition) is 0. The van der Waals surface area contributed by atoms with Crippen molar-refractivity contribution in [2.45, 2.75) is 19.1 Å². The van der Waals surface area contributed by atoms with Gasteiger partial charge >= 0.3 is 0 Å². The van der Waals surface area contributed by atoms with Gasteiger partial charge in [0.05, 0.1) is 18.1 Å². The molecule has 2 aliphatic rings. The van der Waals surface area contributed by atoms with E-state index >= 15 is 0 Å². The Morgan fingerprint density at radius 3 is 2.78 bits per heavy atom. The predicted octanol–water partition coefficient (Wildman–Crippen LogP) is 2.47. The quantitative estimate of drug-likeness (QED) is 0.623. The van der Waals surface area contributed by atoms with Crippen molar-refractivity contribution < 1.29 is 19.2 Å². The molecule has 1 atom stereocenters. The van der Waals surface area contributed by atoms with Gasteiger partial charge in [0.1, 0.15) is 5.56 Å². The van der Waals surface area contributed by atoms with Crippen molar-refractivity contribution in [3.63, 3.8) is 0 Å². The first-order valence-electron chi connectivity index (χ1n) is 7.52. The summed E-state index contributed by atoms with van der Waals surface area (Å²) in [5.41, 5.74) is -0.203. The lowest BCUT2D eigenvalue weighted by Crippen LogP contribution is -2.44. The van der Waals surface area contributed by atoms with Crippen molar-refractivity contribution >= 4 is 23.2 Å². The fourth-order valence-corrected chi connectivity index (χ4v) is 3.24. The molecule has 0 aliphatic carbocycles. The standard InChI is InChI=1S/C15H17ClN2O5/c16-11-3-4-12(13(8-11)18(20)21)14(19)17-5-1-2-10(9-17)15-22-6-7-23-15/h3-4,8,10,15H,1-2,5-7,9H2/t10-/m1/s1. The van der Waals surface area contributed by atoms with Crippen LogP contribution in [0.15, 0.2) is 18.2 Å². The van der Waals surface area contributed by atoms with Gasteiger partial charge in [-0.15, -0.1) is 0 Å². The van der Waals surface area contributed by atoms with Crippen LogP contribution in [0.2, 0.25) is 5.02 Å². The summed E-state index contributed by atoms with van der Waals surface area (Å²) in [5.74, 6) is -0.252. The maximum atomic E-state index is 12.7. The summed E-state index contributed by atoms with van der Waals surface area (Å²) >= 11 is 5.80. The zero-order valence-electron chi connectivity index (χ0n) is 12.4. The summed E-state index contributed by atoms with van der Waals surface area (Å²) in [5, 5.41) is 11.4. The van der Waals surface area contributed by atoms with Gasteiger partial charge in [-0.3, -0.25) is 14.9 Å². The molecule has 0 radical (unpaired) electrons. The summed E-state index contributed by atoms with van der Waals surface area (Å²) in [4.78, 5) is 24.9. The number of carbonyl (C=O) groups is 1. The molecule has 3 rings (SSSR count). The predicted molar refractivity (Wildman–Crippen MR) is 82.4 cm³/mol.